The van der Waals surface area contributed by atoms with Crippen LogP contribution in [0, 0.1) is 5.92 Å². The van der Waals surface area contributed by atoms with Crippen LogP contribution in [-0.2, 0) is 25.6 Å². The van der Waals surface area contributed by atoms with Crippen LogP contribution in [0.2, 0.25) is 0 Å². The van der Waals surface area contributed by atoms with Crippen molar-refractivity contribution in [3.05, 3.63) is 138 Å². The van der Waals surface area contributed by atoms with E-state index >= 15 is 0 Å². The molecule has 2 heterocycles. The number of aromatic nitrogens is 2. The summed E-state index contributed by atoms with van der Waals surface area (Å²) in [5, 5.41) is 33.0. The fourth-order valence-electron chi connectivity index (χ4n) is 9.51. The van der Waals surface area contributed by atoms with Crippen molar-refractivity contribution in [1.29, 1.82) is 0 Å². The van der Waals surface area contributed by atoms with Gasteiger partial charge in [0.25, 0.3) is 0 Å². The van der Waals surface area contributed by atoms with E-state index in [-0.39, 0.29) is 50.0 Å². The highest BCUT2D eigenvalue weighted by molar-refractivity contribution is 6.26. The molecule has 0 saturated heterocycles. The van der Waals surface area contributed by atoms with E-state index in [1.807, 2.05) is 97.9 Å². The summed E-state index contributed by atoms with van der Waals surface area (Å²) in [5.41, 5.74) is 8.19. The first kappa shape index (κ1) is 46.3. The van der Waals surface area contributed by atoms with Crippen LogP contribution in [0.1, 0.15) is 113 Å². The highest BCUT2D eigenvalue weighted by atomic mass is 16.5. The first-order valence-electron chi connectivity index (χ1n) is 23.6. The first-order chi connectivity index (χ1) is 32.7. The number of fused-ring (bicyclic) bond motifs is 8. The Hall–Kier alpha value is -7.27. The summed E-state index contributed by atoms with van der Waals surface area (Å²) in [6.45, 7) is 9.63. The molecule has 0 radical (unpaired) electrons. The third-order valence-corrected chi connectivity index (χ3v) is 13.0. The molecule has 0 saturated carbocycles. The number of benzene rings is 6. The van der Waals surface area contributed by atoms with E-state index in [2.05, 4.69) is 57.6 Å². The van der Waals surface area contributed by atoms with Crippen LogP contribution >= 0.6 is 0 Å². The molecule has 2 aromatic heterocycles. The van der Waals surface area contributed by atoms with Gasteiger partial charge in [-0.2, -0.15) is 0 Å². The molecule has 11 nitrogen and oxygen atoms in total. The van der Waals surface area contributed by atoms with Gasteiger partial charge < -0.3 is 29.0 Å². The number of nitrogens with zero attached hydrogens (tertiary/aromatic N) is 4. The molecule has 8 rings (SSSR count). The topological polar surface area (TPSA) is 145 Å². The van der Waals surface area contributed by atoms with Crippen LogP contribution in [0.3, 0.4) is 0 Å². The first-order valence-corrected chi connectivity index (χ1v) is 23.6. The van der Waals surface area contributed by atoms with E-state index in [9.17, 15) is 24.8 Å². The van der Waals surface area contributed by atoms with Gasteiger partial charge in [-0.1, -0.05) is 105 Å². The van der Waals surface area contributed by atoms with Crippen molar-refractivity contribution in [2.24, 2.45) is 16.2 Å². The molecule has 344 valence electrons. The molecule has 1 unspecified atom stereocenters. The monoisotopic (exact) mass is 898 g/mol. The number of esters is 2. The molecule has 2 N–H and O–H groups in total. The fourth-order valence-corrected chi connectivity index (χ4v) is 9.51. The summed E-state index contributed by atoms with van der Waals surface area (Å²) in [7, 11) is 0. The molecule has 1 atom stereocenters. The Bertz CT molecular complexity index is 3180. The van der Waals surface area contributed by atoms with E-state index in [0.717, 1.165) is 98.7 Å². The van der Waals surface area contributed by atoms with Crippen molar-refractivity contribution in [2.45, 2.75) is 92.0 Å². The third-order valence-electron chi connectivity index (χ3n) is 13.0. The highest BCUT2D eigenvalue weighted by Gasteiger charge is 2.23. The van der Waals surface area contributed by atoms with Crippen LogP contribution in [0.5, 0.6) is 0 Å². The molecule has 0 bridgehead atoms. The second kappa shape index (κ2) is 20.9. The predicted molar refractivity (Wildman–Crippen MR) is 267 cm³/mol. The Balaban J connectivity index is 1.20. The van der Waals surface area contributed by atoms with Crippen LogP contribution in [-0.4, -0.2) is 61.9 Å². The average molecular weight is 899 g/mol. The van der Waals surface area contributed by atoms with Gasteiger partial charge in [0.15, 0.2) is 5.78 Å². The number of ketones is 1. The van der Waals surface area contributed by atoms with Crippen molar-refractivity contribution in [2.75, 3.05) is 13.2 Å². The number of rotatable bonds is 20. The standard InChI is InChI=1S/C56H58N4O7/c1-5-9-14-36(7-3)35-59-50-27-21-38(48(57-64)25-29-53(61)66-8-4)33-45(50)46-34-47(41-15-10-11-17-43(41)55(46)59)56(63)37-19-23-40(24-20-37)60-51-18-13-12-16-42(51)44-32-39(22-28-52(44)60)49(58-65)26-30-54(62)67-31-6-2/h10-13,15-24,27-28,32-34,36,64-65H,5-9,14,25-26,29-31,35H2,1-4H3/b57-48+,58-49+. The second-order valence-electron chi connectivity index (χ2n) is 17.2. The maximum Gasteiger partial charge on any atom is 0.306 e. The van der Waals surface area contributed by atoms with Crippen molar-refractivity contribution in [3.63, 3.8) is 0 Å². The minimum atomic E-state index is -0.353. The van der Waals surface area contributed by atoms with Gasteiger partial charge in [0.2, 0.25) is 0 Å². The van der Waals surface area contributed by atoms with E-state index in [1.54, 1.807) is 6.92 Å². The van der Waals surface area contributed by atoms with Gasteiger partial charge in [-0.15, -0.1) is 0 Å². The van der Waals surface area contributed by atoms with Crippen LogP contribution in [0.25, 0.3) is 60.1 Å². The predicted octanol–water partition coefficient (Wildman–Crippen LogP) is 12.9. The maximum atomic E-state index is 14.9. The largest absolute Gasteiger partial charge is 0.466 e. The third kappa shape index (κ3) is 9.41. The summed E-state index contributed by atoms with van der Waals surface area (Å²) >= 11 is 0. The lowest BCUT2D eigenvalue weighted by molar-refractivity contribution is -0.144. The number of carbonyl (C=O) groups is 3. The summed E-state index contributed by atoms with van der Waals surface area (Å²) < 4.78 is 15.0. The molecule has 0 aliphatic heterocycles. The van der Waals surface area contributed by atoms with E-state index in [4.69, 9.17) is 9.47 Å². The normalized spacial score (nSPS) is 12.7. The van der Waals surface area contributed by atoms with Gasteiger partial charge in [0.05, 0.1) is 54.0 Å². The molecular formula is C56H58N4O7. The Morgan fingerprint density at radius 3 is 1.79 bits per heavy atom. The van der Waals surface area contributed by atoms with Crippen molar-refractivity contribution >= 4 is 83.5 Å². The fraction of sp³-hybridized carbons (Fsp3) is 0.304. The molecule has 0 aliphatic carbocycles. The zero-order chi connectivity index (χ0) is 47.0. The molecule has 6 aromatic carbocycles. The lowest BCUT2D eigenvalue weighted by Crippen LogP contribution is -2.11. The number of carbonyl (C=O) groups excluding carboxylic acids is 3. The molecular weight excluding hydrogens is 841 g/mol. The summed E-state index contributed by atoms with van der Waals surface area (Å²) in [4.78, 5) is 39.5. The number of oxime groups is 2. The number of para-hydroxylation sites is 1. The quantitative estimate of drug-likeness (QED) is 0.0255. The Kier molecular flexibility index (Phi) is 14.4. The maximum absolute atomic E-state index is 14.9. The van der Waals surface area contributed by atoms with E-state index in [1.165, 1.54) is 0 Å². The number of hydrogen-bond donors (Lipinski definition) is 2. The van der Waals surface area contributed by atoms with Crippen LogP contribution < -0.4 is 0 Å². The Labute approximate surface area is 390 Å². The molecule has 8 aromatic rings. The summed E-state index contributed by atoms with van der Waals surface area (Å²) in [5.74, 6) is -0.338. The molecule has 0 aliphatic rings. The van der Waals surface area contributed by atoms with Crippen molar-refractivity contribution in [3.8, 4) is 5.69 Å². The van der Waals surface area contributed by atoms with Gasteiger partial charge in [0, 0.05) is 79.8 Å². The summed E-state index contributed by atoms with van der Waals surface area (Å²) in [6, 6.07) is 37.9. The SMILES string of the molecule is CCCCC(CC)Cn1c2ccc(/C(CCC(=O)OCC)=N/O)cc2c2cc(C(=O)c3ccc(-n4c5ccccc5c5cc(/C(CCC(=O)OCCC)=N/O)ccc54)cc3)c3ccccc3c21. The summed E-state index contributed by atoms with van der Waals surface area (Å²) in [6.07, 6.45) is 5.80. The molecule has 0 fully saturated rings. The average Bonchev–Trinajstić information content (AvgIpc) is 3.86. The Morgan fingerprint density at radius 1 is 0.582 bits per heavy atom. The molecule has 67 heavy (non-hydrogen) atoms. The van der Waals surface area contributed by atoms with Crippen molar-refractivity contribution in [1.82, 2.24) is 9.13 Å². The number of hydrogen-bond acceptors (Lipinski definition) is 9. The lowest BCUT2D eigenvalue weighted by Gasteiger charge is -2.18. The minimum absolute atomic E-state index is 0.0864. The van der Waals surface area contributed by atoms with Gasteiger partial charge in [-0.25, -0.2) is 0 Å². The van der Waals surface area contributed by atoms with E-state index in [0.29, 0.717) is 46.2 Å². The smallest absolute Gasteiger partial charge is 0.306 e. The van der Waals surface area contributed by atoms with E-state index < -0.39 is 0 Å². The van der Waals surface area contributed by atoms with Gasteiger partial charge in [-0.3, -0.25) is 14.4 Å². The molecule has 0 spiro atoms. The number of ether oxygens (including phenoxy) is 2. The molecule has 0 amide bonds. The van der Waals surface area contributed by atoms with Gasteiger partial charge in [-0.05, 0) is 91.7 Å². The second-order valence-corrected chi connectivity index (χ2v) is 17.2. The van der Waals surface area contributed by atoms with Gasteiger partial charge >= 0.3 is 11.9 Å². The van der Waals surface area contributed by atoms with Crippen molar-refractivity contribution < 1.29 is 34.3 Å². The zero-order valence-corrected chi connectivity index (χ0v) is 38.8. The van der Waals surface area contributed by atoms with Gasteiger partial charge in [0.1, 0.15) is 0 Å². The minimum Gasteiger partial charge on any atom is -0.466 e. The highest BCUT2D eigenvalue weighted by Crippen LogP contribution is 2.39. The number of unbranched alkanes of at least 4 members (excludes halogenated alkanes) is 1. The van der Waals surface area contributed by atoms with Crippen LogP contribution in [0.4, 0.5) is 0 Å². The molecule has 11 heteroatoms. The zero-order valence-electron chi connectivity index (χ0n) is 38.8. The van der Waals surface area contributed by atoms with Crippen LogP contribution in [0.15, 0.2) is 126 Å². The Morgan fingerprint density at radius 2 is 1.16 bits per heavy atom. The lowest BCUT2D eigenvalue weighted by atomic mass is 9.94.